The van der Waals surface area contributed by atoms with E-state index in [1.165, 1.54) is 6.54 Å². The van der Waals surface area contributed by atoms with Gasteiger partial charge in [-0.15, -0.1) is 5.06 Å². The number of carboxylic acid groups (broad SMARTS) is 1. The zero-order valence-electron chi connectivity index (χ0n) is 66.5. The van der Waals surface area contributed by atoms with E-state index in [0.29, 0.717) is 117 Å². The molecule has 4 aromatic carbocycles. The van der Waals surface area contributed by atoms with E-state index in [2.05, 4.69) is 90.5 Å². The molecule has 598 valence electrons. The second-order valence-electron chi connectivity index (χ2n) is 32.4. The first kappa shape index (κ1) is 88.5. The van der Waals surface area contributed by atoms with E-state index in [1.54, 1.807) is 29.2 Å². The summed E-state index contributed by atoms with van der Waals surface area (Å²) in [6, 6.07) is 16.3. The third kappa shape index (κ3) is 22.4. The minimum atomic E-state index is -4.61. The molecular formula is C75H106FN8NaO20S4. The number of halogens is 1. The maximum absolute atomic E-state index is 12.6. The van der Waals surface area contributed by atoms with Gasteiger partial charge in [-0.25, -0.2) is 57.6 Å². The van der Waals surface area contributed by atoms with Crippen LogP contribution in [-0.4, -0.2) is 183 Å². The van der Waals surface area contributed by atoms with Crippen LogP contribution in [0.1, 0.15) is 228 Å². The summed E-state index contributed by atoms with van der Waals surface area (Å²) >= 11 is 0. The van der Waals surface area contributed by atoms with E-state index in [-0.39, 0.29) is 97.4 Å². The number of carbonyl (C=O) groups is 4. The number of imide groups is 1. The number of quaternary nitrogens is 1. The Balaban J connectivity index is 0.000000266. The molecule has 109 heavy (non-hydrogen) atoms. The van der Waals surface area contributed by atoms with Gasteiger partial charge in [0.15, 0.2) is 34.1 Å². The van der Waals surface area contributed by atoms with E-state index < -0.39 is 117 Å². The van der Waals surface area contributed by atoms with Crippen LogP contribution < -0.4 is 84.3 Å². The van der Waals surface area contributed by atoms with Crippen molar-refractivity contribution in [3.05, 3.63) is 92.2 Å². The van der Waals surface area contributed by atoms with E-state index in [9.17, 15) is 80.6 Å². The molecule has 0 saturated carbocycles. The maximum atomic E-state index is 12.6. The van der Waals surface area contributed by atoms with E-state index in [1.807, 2.05) is 56.5 Å². The summed E-state index contributed by atoms with van der Waals surface area (Å²) in [6.45, 7) is 34.3. The number of nitrogens with one attached hydrogen (secondary N) is 1. The van der Waals surface area contributed by atoms with Crippen molar-refractivity contribution in [1.82, 2.24) is 14.2 Å². The molecule has 4 aromatic rings. The number of nitrogens with zero attached hydrogens (tertiary/aromatic N) is 7. The fourth-order valence-corrected chi connectivity index (χ4v) is 19.6. The molecule has 2 N–H and O–H groups in total. The van der Waals surface area contributed by atoms with Crippen molar-refractivity contribution in [3.63, 3.8) is 0 Å². The number of hydrogen-bond acceptors (Lipinski definition) is 23. The Bertz CT molecular complexity index is 4890. The Hall–Kier alpha value is -6.11. The average molecular weight is 1610 g/mol. The van der Waals surface area contributed by atoms with Crippen LogP contribution in [0.25, 0.3) is 0 Å². The number of benzene rings is 4. The summed E-state index contributed by atoms with van der Waals surface area (Å²) in [6.07, 6.45) is 3.13. The van der Waals surface area contributed by atoms with Gasteiger partial charge in [0.2, 0.25) is 10.7 Å². The zero-order valence-corrected chi connectivity index (χ0v) is 70.8. The molecule has 2 amide bonds. The van der Waals surface area contributed by atoms with Crippen molar-refractivity contribution in [3.8, 4) is 23.0 Å². The van der Waals surface area contributed by atoms with Gasteiger partial charge in [0.05, 0.1) is 92.6 Å². The Kier molecular flexibility index (Phi) is 28.5. The fourth-order valence-electron chi connectivity index (χ4n) is 17.1. The van der Waals surface area contributed by atoms with Crippen LogP contribution in [0.4, 0.5) is 27.1 Å². The molecule has 7 aliphatic rings. The first-order valence-electron chi connectivity index (χ1n) is 37.4. The summed E-state index contributed by atoms with van der Waals surface area (Å²) in [4.78, 5) is 68.4. The number of hydroxylamine groups is 2. The summed E-state index contributed by atoms with van der Waals surface area (Å²) < 4.78 is 173. The first-order valence-corrected chi connectivity index (χ1v) is 43.0. The Labute approximate surface area is 663 Å². The number of carbonyl (C=O) groups excluding carboxylic acids is 3. The molecule has 0 aliphatic carbocycles. The van der Waals surface area contributed by atoms with E-state index >= 15 is 0 Å². The van der Waals surface area contributed by atoms with Crippen molar-refractivity contribution in [2.75, 3.05) is 72.7 Å². The molecular weight excluding hydrogens is 1500 g/mol. The molecule has 34 heteroatoms. The molecule has 11 rings (SSSR count). The molecule has 0 spiro atoms. The smallest absolute Gasteiger partial charge is 0.748 e. The van der Waals surface area contributed by atoms with Crippen LogP contribution in [0.3, 0.4) is 0 Å². The van der Waals surface area contributed by atoms with Crippen molar-refractivity contribution in [2.45, 2.75) is 239 Å². The van der Waals surface area contributed by atoms with Gasteiger partial charge in [-0.2, -0.15) is 0 Å². The molecule has 1 saturated heterocycles. The molecule has 1 fully saturated rings. The number of hydrogen-bond donors (Lipinski definition) is 2. The van der Waals surface area contributed by atoms with Gasteiger partial charge in [-0.05, 0) is 163 Å². The van der Waals surface area contributed by atoms with E-state index in [4.69, 9.17) is 25.7 Å². The van der Waals surface area contributed by atoms with Crippen LogP contribution in [0.2, 0.25) is 0 Å². The largest absolute Gasteiger partial charge is 1.00 e. The number of carboxylic acids is 1. The minimum Gasteiger partial charge on any atom is -0.748 e. The van der Waals surface area contributed by atoms with Gasteiger partial charge < -0.3 is 52.3 Å². The number of amides is 2. The van der Waals surface area contributed by atoms with Crippen LogP contribution in [-0.2, 0) is 64.5 Å². The number of rotatable bonds is 24. The van der Waals surface area contributed by atoms with E-state index in [0.717, 1.165) is 47.4 Å². The number of fused-ring (bicyclic) bond motifs is 8. The van der Waals surface area contributed by atoms with Crippen LogP contribution in [0.15, 0.2) is 58.5 Å². The Morgan fingerprint density at radius 3 is 1.31 bits per heavy atom. The third-order valence-electron chi connectivity index (χ3n) is 21.5. The molecule has 7 heterocycles. The topological polar surface area (TPSA) is 390 Å². The van der Waals surface area contributed by atoms with Crippen molar-refractivity contribution < 1.29 is 131 Å². The molecule has 0 radical (unpaired) electrons. The summed E-state index contributed by atoms with van der Waals surface area (Å²) in [5.74, 6) is -3.99. The summed E-state index contributed by atoms with van der Waals surface area (Å²) in [7, 11) is -18.9. The van der Waals surface area contributed by atoms with Gasteiger partial charge in [0, 0.05) is 132 Å². The van der Waals surface area contributed by atoms with Gasteiger partial charge in [-0.3, -0.25) is 18.8 Å². The second-order valence-corrected chi connectivity index (χ2v) is 38.3. The SMILES string of the molecule is CC1CC(C)(C)N(CCCS(=O)(=O)[O-])c2cc3c(cc21)N=c1cc2c(cc1O3)=[N+](CCCC(=O)O)C(C)(C)CC2CS(=O)(=O)[O-].CC1CC(C)(C)N(CCCS(=O)(=O)[O-])c2cc3c(cc21)N=c1cc2c(cc1O3)=[N+](CCCC(=O)ON1C(=O)CCC1=O)C(C)(C)CC2CS(=O)(=O)[O-].CC[NH+](C(C)C)C(C)C.[2H]CF.[Na+]. The van der Waals surface area contributed by atoms with Gasteiger partial charge in [0.1, 0.15) is 35.2 Å². The fraction of sp³-hybridized carbons (Fsp3) is 0.627. The quantitative estimate of drug-likeness (QED) is 0.0377. The predicted octanol–water partition coefficient (Wildman–Crippen LogP) is 3.70. The molecule has 4 atom stereocenters. The van der Waals surface area contributed by atoms with Crippen molar-refractivity contribution in [1.29, 1.82) is 0 Å². The number of aliphatic carboxylic acids is 1. The molecule has 7 aliphatic heterocycles. The Morgan fingerprint density at radius 2 is 0.982 bits per heavy atom. The number of anilines is 2. The zero-order chi connectivity index (χ0) is 81.2. The standard InChI is InChI=1S/C35H44N4O11S2.C31H41N3O9S2.C8H19N.CH3F.Na/c1-21-18-34(2,3)38(12-7-13-51(43,44)45)27-16-29-25(14-23(21)27)36-26-15-24-22(20-52(46,47)48)19-35(4,5)37(28(24)17-30(26)49-29)11-6-8-33(42)50-39-31(40)9-10-32(39)41;1-19-16-30(2,3)34(10-7-11-44(37,38)39)25-14-27-23(12-21(19)25)32-24-13-22-20(18-45(40,41)42)17-31(4,5)33(9-6-8-29(35)36)26(22)15-28(24)43-27;1-6-9(7(2)3)8(4)5;1-2;/h14-17,21-22H,6-13,18-20H2,1-5H3,(H-,43,44,45,46,47,48);12-15,19-20H,6-11,16-18H2,1-5H3,(H2-,35,36,37,38,39,40,41,42);7-8H,6H2,1-5H3;1H3;/q;;;;+1/p-1/i;;;1D;. The first-order chi connectivity index (χ1) is 50.4. The molecule has 0 aromatic heterocycles. The van der Waals surface area contributed by atoms with Gasteiger partial charge in [0.25, 0.3) is 11.8 Å². The summed E-state index contributed by atoms with van der Waals surface area (Å²) in [5.41, 5.74) is 4.30. The third-order valence-corrected chi connectivity index (χ3v) is 24.7. The van der Waals surface area contributed by atoms with Gasteiger partial charge >= 0.3 is 41.5 Å². The molecule has 0 bridgehead atoms. The second kappa shape index (κ2) is 35.1. The average Bonchev–Trinajstić information content (AvgIpc) is 0.770. The van der Waals surface area contributed by atoms with Crippen LogP contribution >= 0.6 is 0 Å². The maximum Gasteiger partial charge on any atom is 1.00 e. The molecule has 4 unspecified atom stereocenters. The summed E-state index contributed by atoms with van der Waals surface area (Å²) in [5, 5.41) is 12.0. The van der Waals surface area contributed by atoms with Crippen LogP contribution in [0, 0.1) is 0 Å². The minimum absolute atomic E-state index is 0. The van der Waals surface area contributed by atoms with Crippen molar-refractivity contribution >= 4 is 87.0 Å². The number of alkyl halides is 1. The van der Waals surface area contributed by atoms with Crippen LogP contribution in [0.5, 0.6) is 23.0 Å². The van der Waals surface area contributed by atoms with Gasteiger partial charge in [-0.1, -0.05) is 13.8 Å². The normalized spacial score (nSPS) is 20.4. The monoisotopic (exact) mass is 1610 g/mol. The number of ether oxygens (including phenoxy) is 2. The predicted molar refractivity (Wildman–Crippen MR) is 400 cm³/mol. The Morgan fingerprint density at radius 1 is 0.606 bits per heavy atom. The molecule has 28 nitrogen and oxygen atoms in total. The van der Waals surface area contributed by atoms with Crippen molar-refractivity contribution in [2.24, 2.45) is 9.98 Å².